The summed E-state index contributed by atoms with van der Waals surface area (Å²) in [6.45, 7) is 2.29. The minimum Gasteiger partial charge on any atom is -0.427 e. The average molecular weight is 396 g/mol. The Balaban J connectivity index is 2.34. The average Bonchev–Trinajstić information content (AvgIpc) is 2.55. The van der Waals surface area contributed by atoms with Crippen molar-refractivity contribution in [2.24, 2.45) is 0 Å². The molecule has 0 amide bonds. The number of ether oxygens (including phenoxy) is 2. The molecule has 0 saturated heterocycles. The van der Waals surface area contributed by atoms with Crippen molar-refractivity contribution in [1.29, 1.82) is 0 Å². The molecule has 4 nitrogen and oxygen atoms in total. The number of halogens is 4. The Labute approximate surface area is 158 Å². The minimum atomic E-state index is -2.05. The van der Waals surface area contributed by atoms with Crippen molar-refractivity contribution in [3.05, 3.63) is 71.3 Å². The Kier molecular flexibility index (Phi) is 6.92. The molecule has 2 aromatic rings. The van der Waals surface area contributed by atoms with E-state index in [2.05, 4.69) is 0 Å². The summed E-state index contributed by atoms with van der Waals surface area (Å²) in [5, 5.41) is 0. The minimum absolute atomic E-state index is 0.0295. The zero-order valence-electron chi connectivity index (χ0n) is 15.0. The summed E-state index contributed by atoms with van der Waals surface area (Å²) >= 11 is 0. The van der Waals surface area contributed by atoms with E-state index in [0.717, 1.165) is 26.0 Å². The summed E-state index contributed by atoms with van der Waals surface area (Å²) in [6, 6.07) is 6.89. The van der Waals surface area contributed by atoms with Gasteiger partial charge in [0.1, 0.15) is 23.1 Å². The highest BCUT2D eigenvalue weighted by Gasteiger charge is 2.19. The molecule has 148 valence electrons. The molecule has 0 bridgehead atoms. The topological polar surface area (TPSA) is 52.6 Å². The monoisotopic (exact) mass is 396 g/mol. The second kappa shape index (κ2) is 9.16. The highest BCUT2D eigenvalue weighted by atomic mass is 19.3. The van der Waals surface area contributed by atoms with Crippen LogP contribution in [-0.2, 0) is 16.0 Å². The summed E-state index contributed by atoms with van der Waals surface area (Å²) in [5.41, 5.74) is -0.0889. The molecule has 0 aliphatic rings. The maximum absolute atomic E-state index is 14.4. The maximum Gasteiger partial charge on any atom is 0.308 e. The van der Waals surface area contributed by atoms with E-state index in [9.17, 15) is 27.2 Å². The highest BCUT2D eigenvalue weighted by Crippen LogP contribution is 2.30. The summed E-state index contributed by atoms with van der Waals surface area (Å²) in [6.07, 6.45) is -1.80. The first kappa shape index (κ1) is 21.1. The summed E-state index contributed by atoms with van der Waals surface area (Å²) < 4.78 is 63.9. The fraction of sp³-hybridized carbons (Fsp3) is 0.200. The molecule has 2 aromatic carbocycles. The quantitative estimate of drug-likeness (QED) is 0.395. The summed E-state index contributed by atoms with van der Waals surface area (Å²) in [7, 11) is 0. The van der Waals surface area contributed by atoms with Crippen molar-refractivity contribution in [3.63, 3.8) is 0 Å². The lowest BCUT2D eigenvalue weighted by molar-refractivity contribution is -0.132. The van der Waals surface area contributed by atoms with Crippen LogP contribution in [0.5, 0.6) is 11.5 Å². The molecular formula is C20H16F4O4. The molecule has 0 aliphatic carbocycles. The van der Waals surface area contributed by atoms with Crippen LogP contribution in [0.25, 0.3) is 0 Å². The highest BCUT2D eigenvalue weighted by molar-refractivity contribution is 5.69. The number of carbonyl (C=O) groups excluding carboxylic acids is 2. The maximum atomic E-state index is 14.4. The molecule has 0 radical (unpaired) electrons. The van der Waals surface area contributed by atoms with Crippen LogP contribution in [0, 0.1) is 11.6 Å². The van der Waals surface area contributed by atoms with E-state index in [4.69, 9.17) is 9.47 Å². The van der Waals surface area contributed by atoms with Gasteiger partial charge in [0, 0.05) is 31.9 Å². The van der Waals surface area contributed by atoms with Gasteiger partial charge >= 0.3 is 11.9 Å². The molecule has 0 heterocycles. The predicted molar refractivity (Wildman–Crippen MR) is 92.2 cm³/mol. The summed E-state index contributed by atoms with van der Waals surface area (Å²) in [4.78, 5) is 21.9. The number of carbonyl (C=O) groups is 2. The second-order valence-corrected chi connectivity index (χ2v) is 5.89. The fourth-order valence-corrected chi connectivity index (χ4v) is 2.61. The third-order valence-corrected chi connectivity index (χ3v) is 3.69. The Morgan fingerprint density at radius 2 is 1.46 bits per heavy atom. The molecule has 1 unspecified atom stereocenters. The van der Waals surface area contributed by atoms with Crippen LogP contribution < -0.4 is 9.47 Å². The molecule has 1 atom stereocenters. The van der Waals surface area contributed by atoms with E-state index in [-0.39, 0.29) is 29.0 Å². The van der Waals surface area contributed by atoms with Gasteiger partial charge in [-0.25, -0.2) is 8.78 Å². The third kappa shape index (κ3) is 5.94. The van der Waals surface area contributed by atoms with E-state index >= 15 is 0 Å². The van der Waals surface area contributed by atoms with Gasteiger partial charge in [0.25, 0.3) is 6.08 Å². The molecule has 0 saturated carbocycles. The number of rotatable bonds is 6. The number of benzene rings is 2. The van der Waals surface area contributed by atoms with Gasteiger partial charge in [-0.1, -0.05) is 12.1 Å². The predicted octanol–water partition coefficient (Wildman–Crippen LogP) is 4.92. The van der Waals surface area contributed by atoms with Crippen LogP contribution in [0.1, 0.15) is 30.9 Å². The van der Waals surface area contributed by atoms with Gasteiger partial charge in [0.15, 0.2) is 0 Å². The molecule has 28 heavy (non-hydrogen) atoms. The SMILES string of the molecule is CC(=O)Oc1ccc(CC(C=C(F)F)c2ccc(OC(C)=O)cc2F)c(F)c1. The Morgan fingerprint density at radius 1 is 0.929 bits per heavy atom. The molecule has 0 aromatic heterocycles. The van der Waals surface area contributed by atoms with E-state index in [0.29, 0.717) is 6.08 Å². The van der Waals surface area contributed by atoms with Gasteiger partial charge in [0.05, 0.1) is 0 Å². The van der Waals surface area contributed by atoms with Gasteiger partial charge in [-0.2, -0.15) is 8.78 Å². The Bertz CT molecular complexity index is 920. The zero-order valence-corrected chi connectivity index (χ0v) is 15.0. The number of hydrogen-bond donors (Lipinski definition) is 0. The molecule has 2 rings (SSSR count). The molecule has 0 fully saturated rings. The van der Waals surface area contributed by atoms with Crippen LogP contribution >= 0.6 is 0 Å². The van der Waals surface area contributed by atoms with Crippen molar-refractivity contribution >= 4 is 11.9 Å². The van der Waals surface area contributed by atoms with E-state index < -0.39 is 35.6 Å². The number of hydrogen-bond acceptors (Lipinski definition) is 4. The molecule has 8 heteroatoms. The van der Waals surface area contributed by atoms with Crippen molar-refractivity contribution in [2.45, 2.75) is 26.2 Å². The first-order valence-corrected chi connectivity index (χ1v) is 8.13. The summed E-state index contributed by atoms with van der Waals surface area (Å²) in [5.74, 6) is -4.24. The lowest BCUT2D eigenvalue weighted by Crippen LogP contribution is -2.07. The lowest BCUT2D eigenvalue weighted by atomic mass is 9.91. The van der Waals surface area contributed by atoms with Crippen molar-refractivity contribution in [1.82, 2.24) is 0 Å². The van der Waals surface area contributed by atoms with Gasteiger partial charge in [-0.15, -0.1) is 0 Å². The molecular weight excluding hydrogens is 380 g/mol. The van der Waals surface area contributed by atoms with E-state index in [1.54, 1.807) is 0 Å². The second-order valence-electron chi connectivity index (χ2n) is 5.89. The fourth-order valence-electron chi connectivity index (χ4n) is 2.61. The smallest absolute Gasteiger partial charge is 0.308 e. The van der Waals surface area contributed by atoms with E-state index in [1.807, 2.05) is 0 Å². The Hall–Kier alpha value is -3.16. The number of esters is 2. The molecule has 0 N–H and O–H groups in total. The van der Waals surface area contributed by atoms with E-state index in [1.165, 1.54) is 24.3 Å². The van der Waals surface area contributed by atoms with Gasteiger partial charge < -0.3 is 9.47 Å². The zero-order chi connectivity index (χ0) is 20.8. The first-order chi connectivity index (χ1) is 13.2. The lowest BCUT2D eigenvalue weighted by Gasteiger charge is -2.16. The van der Waals surface area contributed by atoms with Crippen LogP contribution in [0.15, 0.2) is 48.6 Å². The van der Waals surface area contributed by atoms with Gasteiger partial charge in [-0.05, 0) is 35.8 Å². The van der Waals surface area contributed by atoms with Crippen LogP contribution in [0.4, 0.5) is 17.6 Å². The first-order valence-electron chi connectivity index (χ1n) is 8.13. The van der Waals surface area contributed by atoms with Crippen LogP contribution in [0.3, 0.4) is 0 Å². The standard InChI is InChI=1S/C20H16F4O4/c1-11(25)27-15-4-3-13(18(21)9-15)7-14(8-20(23)24)17-6-5-16(10-19(17)22)28-12(2)26/h3-6,8-10,14H,7H2,1-2H3. The third-order valence-electron chi connectivity index (χ3n) is 3.69. The van der Waals surface area contributed by atoms with Crippen molar-refractivity contribution < 1.29 is 36.6 Å². The normalized spacial score (nSPS) is 11.5. The van der Waals surface area contributed by atoms with Crippen molar-refractivity contribution in [3.8, 4) is 11.5 Å². The van der Waals surface area contributed by atoms with Gasteiger partial charge in [0.2, 0.25) is 0 Å². The largest absolute Gasteiger partial charge is 0.427 e. The van der Waals surface area contributed by atoms with Crippen LogP contribution in [-0.4, -0.2) is 11.9 Å². The van der Waals surface area contributed by atoms with Gasteiger partial charge in [-0.3, -0.25) is 9.59 Å². The molecule has 0 spiro atoms. The van der Waals surface area contributed by atoms with Crippen LogP contribution in [0.2, 0.25) is 0 Å². The van der Waals surface area contributed by atoms with Crippen molar-refractivity contribution in [2.75, 3.05) is 0 Å². The molecule has 0 aliphatic heterocycles. The Morgan fingerprint density at radius 3 is 1.93 bits per heavy atom. The number of allylic oxidation sites excluding steroid dienone is 1.